The molecule has 0 saturated carbocycles. The molecule has 0 aliphatic carbocycles. The van der Waals surface area contributed by atoms with Crippen molar-refractivity contribution in [3.05, 3.63) is 29.8 Å². The van der Waals surface area contributed by atoms with Crippen LogP contribution < -0.4 is 4.74 Å². The van der Waals surface area contributed by atoms with E-state index in [2.05, 4.69) is 23.6 Å². The number of carbonyl (C=O) groups is 1. The molecule has 24 heavy (non-hydrogen) atoms. The average Bonchev–Trinajstić information content (AvgIpc) is 2.56. The summed E-state index contributed by atoms with van der Waals surface area (Å²) in [7, 11) is 3.53. The molecular weight excluding hydrogens is 302 g/mol. The number of amides is 1. The molecule has 0 bridgehead atoms. The van der Waals surface area contributed by atoms with E-state index < -0.39 is 0 Å². The van der Waals surface area contributed by atoms with Crippen molar-refractivity contribution in [3.63, 3.8) is 0 Å². The molecule has 1 aromatic rings. The molecule has 0 unspecified atom stereocenters. The first kappa shape index (κ1) is 18.7. The van der Waals surface area contributed by atoms with E-state index in [4.69, 9.17) is 4.74 Å². The van der Waals surface area contributed by atoms with Gasteiger partial charge in [-0.2, -0.15) is 0 Å². The normalized spacial score (nSPS) is 16.4. The van der Waals surface area contributed by atoms with Gasteiger partial charge in [-0.1, -0.05) is 26.0 Å². The lowest BCUT2D eigenvalue weighted by atomic mass is 10.2. The average molecular weight is 333 g/mol. The largest absolute Gasteiger partial charge is 0.497 e. The lowest BCUT2D eigenvalue weighted by molar-refractivity contribution is -0.132. The number of likely N-dealkylation sites (N-methyl/N-ethyl adjacent to an activating group) is 1. The maximum atomic E-state index is 12.4. The van der Waals surface area contributed by atoms with Crippen LogP contribution >= 0.6 is 0 Å². The second-order valence-electron chi connectivity index (χ2n) is 7.07. The number of hydrogen-bond acceptors (Lipinski definition) is 4. The van der Waals surface area contributed by atoms with Crippen LogP contribution in [0.15, 0.2) is 24.3 Å². The Hall–Kier alpha value is -1.59. The third-order valence-electron chi connectivity index (χ3n) is 4.45. The number of carbonyl (C=O) groups excluding carboxylic acids is 1. The standard InChI is InChI=1S/C19H31N3O2/c1-16(2)13-21-9-11-22(12-10-21)15-19(23)20(3)14-17-5-7-18(24-4)8-6-17/h5-8,16H,9-15H2,1-4H3. The fraction of sp³-hybridized carbons (Fsp3) is 0.632. The van der Waals surface area contributed by atoms with Gasteiger partial charge in [0.05, 0.1) is 13.7 Å². The number of hydrogen-bond donors (Lipinski definition) is 0. The molecule has 134 valence electrons. The van der Waals surface area contributed by atoms with Crippen LogP contribution in [0.25, 0.3) is 0 Å². The van der Waals surface area contributed by atoms with Gasteiger partial charge in [0.25, 0.3) is 0 Å². The van der Waals surface area contributed by atoms with E-state index in [-0.39, 0.29) is 5.91 Å². The van der Waals surface area contributed by atoms with Gasteiger partial charge in [-0.25, -0.2) is 0 Å². The Balaban J connectivity index is 1.75. The molecule has 1 aromatic carbocycles. The van der Waals surface area contributed by atoms with Gasteiger partial charge in [0.15, 0.2) is 0 Å². The van der Waals surface area contributed by atoms with Crippen LogP contribution in [-0.2, 0) is 11.3 Å². The molecule has 1 aliphatic rings. The van der Waals surface area contributed by atoms with Gasteiger partial charge >= 0.3 is 0 Å². The Morgan fingerprint density at radius 1 is 1.12 bits per heavy atom. The minimum absolute atomic E-state index is 0.183. The predicted molar refractivity (Wildman–Crippen MR) is 97.2 cm³/mol. The maximum Gasteiger partial charge on any atom is 0.236 e. The number of ether oxygens (including phenoxy) is 1. The summed E-state index contributed by atoms with van der Waals surface area (Å²) in [5, 5.41) is 0. The smallest absolute Gasteiger partial charge is 0.236 e. The summed E-state index contributed by atoms with van der Waals surface area (Å²) in [6, 6.07) is 7.88. The van der Waals surface area contributed by atoms with Gasteiger partial charge in [0.2, 0.25) is 5.91 Å². The van der Waals surface area contributed by atoms with Crippen molar-refractivity contribution >= 4 is 5.91 Å². The Morgan fingerprint density at radius 2 is 1.71 bits per heavy atom. The van der Waals surface area contributed by atoms with Crippen molar-refractivity contribution in [1.82, 2.24) is 14.7 Å². The molecule has 5 heteroatoms. The van der Waals surface area contributed by atoms with E-state index in [0.717, 1.165) is 44.0 Å². The lowest BCUT2D eigenvalue weighted by Crippen LogP contribution is -2.50. The molecule has 1 saturated heterocycles. The summed E-state index contributed by atoms with van der Waals surface area (Å²) in [6.45, 7) is 10.9. The van der Waals surface area contributed by atoms with Crippen LogP contribution in [0.4, 0.5) is 0 Å². The first-order valence-corrected chi connectivity index (χ1v) is 8.79. The zero-order valence-corrected chi connectivity index (χ0v) is 15.5. The third-order valence-corrected chi connectivity index (χ3v) is 4.45. The highest BCUT2D eigenvalue weighted by atomic mass is 16.5. The SMILES string of the molecule is COc1ccc(CN(C)C(=O)CN2CCN(CC(C)C)CC2)cc1. The molecule has 1 heterocycles. The van der Waals surface area contributed by atoms with Crippen molar-refractivity contribution in [1.29, 1.82) is 0 Å². The summed E-state index contributed by atoms with van der Waals surface area (Å²) in [5.74, 6) is 1.73. The molecule has 1 aliphatic heterocycles. The number of rotatable bonds is 7. The molecule has 0 aromatic heterocycles. The molecule has 0 N–H and O–H groups in total. The van der Waals surface area contributed by atoms with Gasteiger partial charge in [-0.15, -0.1) is 0 Å². The highest BCUT2D eigenvalue weighted by molar-refractivity contribution is 5.78. The summed E-state index contributed by atoms with van der Waals surface area (Å²) in [5.41, 5.74) is 1.12. The van der Waals surface area contributed by atoms with E-state index in [0.29, 0.717) is 19.0 Å². The van der Waals surface area contributed by atoms with Crippen LogP contribution in [0.5, 0.6) is 5.75 Å². The number of benzene rings is 1. The zero-order valence-electron chi connectivity index (χ0n) is 15.5. The molecule has 1 fully saturated rings. The topological polar surface area (TPSA) is 36.0 Å². The van der Waals surface area contributed by atoms with E-state index in [1.165, 1.54) is 0 Å². The van der Waals surface area contributed by atoms with Gasteiger partial charge in [-0.3, -0.25) is 9.69 Å². The molecule has 5 nitrogen and oxygen atoms in total. The fourth-order valence-corrected chi connectivity index (χ4v) is 3.05. The quantitative estimate of drug-likeness (QED) is 0.764. The highest BCUT2D eigenvalue weighted by Crippen LogP contribution is 2.13. The van der Waals surface area contributed by atoms with E-state index in [9.17, 15) is 4.79 Å². The van der Waals surface area contributed by atoms with Gasteiger partial charge in [0.1, 0.15) is 5.75 Å². The van der Waals surface area contributed by atoms with Crippen LogP contribution in [0.1, 0.15) is 19.4 Å². The Kier molecular flexibility index (Phi) is 7.06. The van der Waals surface area contributed by atoms with Crippen molar-refractivity contribution in [3.8, 4) is 5.75 Å². The van der Waals surface area contributed by atoms with Crippen LogP contribution in [-0.4, -0.2) is 74.0 Å². The van der Waals surface area contributed by atoms with Crippen molar-refractivity contribution in [2.75, 3.05) is 53.4 Å². The molecule has 0 radical (unpaired) electrons. The lowest BCUT2D eigenvalue weighted by Gasteiger charge is -2.35. The summed E-state index contributed by atoms with van der Waals surface area (Å²) >= 11 is 0. The van der Waals surface area contributed by atoms with Crippen LogP contribution in [0, 0.1) is 5.92 Å². The molecular formula is C19H31N3O2. The maximum absolute atomic E-state index is 12.4. The molecule has 2 rings (SSSR count). The predicted octanol–water partition coefficient (Wildman–Crippen LogP) is 1.93. The second-order valence-corrected chi connectivity index (χ2v) is 7.07. The second kappa shape index (κ2) is 9.04. The molecule has 1 amide bonds. The van der Waals surface area contributed by atoms with Gasteiger partial charge < -0.3 is 14.5 Å². The molecule has 0 spiro atoms. The van der Waals surface area contributed by atoms with Gasteiger partial charge in [0, 0.05) is 46.3 Å². The van der Waals surface area contributed by atoms with E-state index >= 15 is 0 Å². The number of piperazine rings is 1. The fourth-order valence-electron chi connectivity index (χ4n) is 3.05. The van der Waals surface area contributed by atoms with Gasteiger partial charge in [-0.05, 0) is 23.6 Å². The van der Waals surface area contributed by atoms with E-state index in [1.807, 2.05) is 36.2 Å². The zero-order chi connectivity index (χ0) is 17.5. The molecule has 0 atom stereocenters. The Labute approximate surface area is 146 Å². The summed E-state index contributed by atoms with van der Waals surface area (Å²) in [6.07, 6.45) is 0. The monoisotopic (exact) mass is 333 g/mol. The highest BCUT2D eigenvalue weighted by Gasteiger charge is 2.20. The first-order chi connectivity index (χ1) is 11.5. The minimum Gasteiger partial charge on any atom is -0.497 e. The van der Waals surface area contributed by atoms with Crippen molar-refractivity contribution in [2.24, 2.45) is 5.92 Å². The Morgan fingerprint density at radius 3 is 2.25 bits per heavy atom. The van der Waals surface area contributed by atoms with Crippen LogP contribution in [0.2, 0.25) is 0 Å². The van der Waals surface area contributed by atoms with Crippen molar-refractivity contribution in [2.45, 2.75) is 20.4 Å². The number of nitrogens with zero attached hydrogens (tertiary/aromatic N) is 3. The van der Waals surface area contributed by atoms with Crippen LogP contribution in [0.3, 0.4) is 0 Å². The first-order valence-electron chi connectivity index (χ1n) is 8.79. The summed E-state index contributed by atoms with van der Waals surface area (Å²) in [4.78, 5) is 19.0. The minimum atomic E-state index is 0.183. The summed E-state index contributed by atoms with van der Waals surface area (Å²) < 4.78 is 5.16. The van der Waals surface area contributed by atoms with Crippen molar-refractivity contribution < 1.29 is 9.53 Å². The third kappa shape index (κ3) is 5.80. The van der Waals surface area contributed by atoms with E-state index in [1.54, 1.807) is 7.11 Å². The number of methoxy groups -OCH3 is 1. The Bertz CT molecular complexity index is 508.